The molecule has 27 heavy (non-hydrogen) atoms. The third-order valence-corrected chi connectivity index (χ3v) is 7.62. The summed E-state index contributed by atoms with van der Waals surface area (Å²) in [4.78, 5) is 20.2. The summed E-state index contributed by atoms with van der Waals surface area (Å²) in [5, 5.41) is 3.47. The van der Waals surface area contributed by atoms with E-state index in [1.807, 2.05) is 0 Å². The lowest BCUT2D eigenvalue weighted by atomic mass is 9.75. The van der Waals surface area contributed by atoms with Gasteiger partial charge in [-0.25, -0.2) is 0 Å². The molecule has 0 radical (unpaired) electrons. The van der Waals surface area contributed by atoms with Crippen molar-refractivity contribution in [2.45, 2.75) is 75.7 Å². The standard InChI is InChI=1S/C22H33N3O2/c26-22(20-13-17-5-1-2-6-19(17)27-20)24-21-16-7-10-25(11-8-16)18(21)12-15-4-3-9-23-14-15/h2,6,14-21H,1,3-5,7-13H2,(H,24,26)/t15?,17-,18-,19?,20?,21?/m0/s1. The molecule has 2 bridgehead atoms. The number of aliphatic imine (C=N–C) groups is 1. The van der Waals surface area contributed by atoms with Crippen molar-refractivity contribution in [3.63, 3.8) is 0 Å². The van der Waals surface area contributed by atoms with Crippen molar-refractivity contribution in [2.75, 3.05) is 19.6 Å². The summed E-state index contributed by atoms with van der Waals surface area (Å²) in [6.07, 6.45) is 15.7. The molecule has 148 valence electrons. The number of hydrogen-bond donors (Lipinski definition) is 1. The molecule has 4 fully saturated rings. The SMILES string of the molecule is O=C(NC1C2CCN(CC2)[C@H]1CC1C=NCCC1)C1C[C@@H]2CCC=CC2O1. The second-order valence-corrected chi connectivity index (χ2v) is 9.26. The van der Waals surface area contributed by atoms with Crippen LogP contribution in [-0.2, 0) is 9.53 Å². The number of rotatable bonds is 4. The van der Waals surface area contributed by atoms with Crippen LogP contribution in [0.5, 0.6) is 0 Å². The molecule has 4 unspecified atom stereocenters. The number of hydrogen-bond acceptors (Lipinski definition) is 4. The Kier molecular flexibility index (Phi) is 5.08. The summed E-state index contributed by atoms with van der Waals surface area (Å²) in [7, 11) is 0. The highest BCUT2D eigenvalue weighted by Crippen LogP contribution is 2.37. The lowest BCUT2D eigenvalue weighted by Crippen LogP contribution is -2.64. The van der Waals surface area contributed by atoms with E-state index in [4.69, 9.17) is 4.74 Å². The number of nitrogens with one attached hydrogen (secondary N) is 1. The van der Waals surface area contributed by atoms with Gasteiger partial charge in [0.2, 0.25) is 5.91 Å². The van der Waals surface area contributed by atoms with Gasteiger partial charge in [-0.15, -0.1) is 0 Å². The molecule has 5 nitrogen and oxygen atoms in total. The normalized spacial score (nSPS) is 45.6. The molecule has 1 N–H and O–H groups in total. The van der Waals surface area contributed by atoms with E-state index in [0.717, 1.165) is 32.2 Å². The van der Waals surface area contributed by atoms with Crippen LogP contribution in [0.25, 0.3) is 0 Å². The highest BCUT2D eigenvalue weighted by molar-refractivity contribution is 5.81. The van der Waals surface area contributed by atoms with Gasteiger partial charge in [0.05, 0.1) is 6.10 Å². The van der Waals surface area contributed by atoms with Crippen molar-refractivity contribution in [1.29, 1.82) is 0 Å². The lowest BCUT2D eigenvalue weighted by Gasteiger charge is -2.52. The maximum atomic E-state index is 13.1. The number of fused-ring (bicyclic) bond motifs is 4. The number of carbonyl (C=O) groups is 1. The van der Waals surface area contributed by atoms with Gasteiger partial charge in [0.25, 0.3) is 0 Å². The lowest BCUT2D eigenvalue weighted by molar-refractivity contribution is -0.134. The number of ether oxygens (including phenoxy) is 1. The monoisotopic (exact) mass is 371 g/mol. The highest BCUT2D eigenvalue weighted by Gasteiger charge is 2.45. The zero-order chi connectivity index (χ0) is 18.2. The molecule has 1 aliphatic carbocycles. The van der Waals surface area contributed by atoms with Crippen LogP contribution in [0.15, 0.2) is 17.1 Å². The molecule has 4 saturated heterocycles. The van der Waals surface area contributed by atoms with Gasteiger partial charge in [-0.2, -0.15) is 0 Å². The Morgan fingerprint density at radius 1 is 1.19 bits per heavy atom. The summed E-state index contributed by atoms with van der Waals surface area (Å²) in [6, 6.07) is 0.761. The minimum absolute atomic E-state index is 0.138. The van der Waals surface area contributed by atoms with Crippen molar-refractivity contribution in [3.8, 4) is 0 Å². The average Bonchev–Trinajstić information content (AvgIpc) is 3.16. The Morgan fingerprint density at radius 3 is 2.85 bits per heavy atom. The first kappa shape index (κ1) is 17.9. The Morgan fingerprint density at radius 2 is 2.07 bits per heavy atom. The van der Waals surface area contributed by atoms with Gasteiger partial charge >= 0.3 is 0 Å². The zero-order valence-electron chi connectivity index (χ0n) is 16.3. The molecule has 0 saturated carbocycles. The fourth-order valence-corrected chi connectivity index (χ4v) is 6.11. The van der Waals surface area contributed by atoms with Crippen LogP contribution in [0.3, 0.4) is 0 Å². The number of amides is 1. The van der Waals surface area contributed by atoms with Crippen LogP contribution < -0.4 is 5.32 Å². The number of allylic oxidation sites excluding steroid dienone is 1. The van der Waals surface area contributed by atoms with Gasteiger partial charge in [0, 0.05) is 24.8 Å². The zero-order valence-corrected chi connectivity index (χ0v) is 16.3. The van der Waals surface area contributed by atoms with Gasteiger partial charge in [0.15, 0.2) is 0 Å². The van der Waals surface area contributed by atoms with E-state index in [2.05, 4.69) is 33.6 Å². The Bertz CT molecular complexity index is 611. The molecule has 6 atom stereocenters. The van der Waals surface area contributed by atoms with Crippen LogP contribution in [-0.4, -0.2) is 60.9 Å². The third-order valence-electron chi connectivity index (χ3n) is 7.62. The first-order valence-electron chi connectivity index (χ1n) is 11.1. The molecule has 1 amide bonds. The van der Waals surface area contributed by atoms with E-state index in [1.54, 1.807) is 0 Å². The molecule has 0 aromatic heterocycles. The van der Waals surface area contributed by atoms with Gasteiger partial charge in [-0.05, 0) is 82.2 Å². The molecule has 0 aromatic carbocycles. The topological polar surface area (TPSA) is 53.9 Å². The molecular weight excluding hydrogens is 338 g/mol. The van der Waals surface area contributed by atoms with Crippen molar-refractivity contribution in [2.24, 2.45) is 22.7 Å². The van der Waals surface area contributed by atoms with E-state index in [9.17, 15) is 4.79 Å². The number of piperidine rings is 3. The van der Waals surface area contributed by atoms with E-state index < -0.39 is 0 Å². The summed E-state index contributed by atoms with van der Waals surface area (Å²) >= 11 is 0. The van der Waals surface area contributed by atoms with E-state index >= 15 is 0 Å². The molecule has 5 heterocycles. The minimum Gasteiger partial charge on any atom is -0.361 e. The predicted octanol–water partition coefficient (Wildman–Crippen LogP) is 2.56. The fourth-order valence-electron chi connectivity index (χ4n) is 6.11. The minimum atomic E-state index is -0.255. The third kappa shape index (κ3) is 3.61. The summed E-state index contributed by atoms with van der Waals surface area (Å²) in [5.41, 5.74) is 0. The average molecular weight is 372 g/mol. The molecule has 6 aliphatic rings. The fraction of sp³-hybridized carbons (Fsp3) is 0.818. The van der Waals surface area contributed by atoms with Gasteiger partial charge in [-0.1, -0.05) is 12.2 Å². The second kappa shape index (κ2) is 7.67. The van der Waals surface area contributed by atoms with Crippen LogP contribution in [0.2, 0.25) is 0 Å². The first-order chi connectivity index (χ1) is 13.3. The van der Waals surface area contributed by atoms with Gasteiger partial charge in [-0.3, -0.25) is 14.7 Å². The second-order valence-electron chi connectivity index (χ2n) is 9.26. The molecular formula is C22H33N3O2. The quantitative estimate of drug-likeness (QED) is 0.773. The molecule has 5 aliphatic heterocycles. The number of carbonyl (C=O) groups excluding carboxylic acids is 1. The summed E-state index contributed by atoms with van der Waals surface area (Å²) in [6.45, 7) is 3.38. The Hall–Kier alpha value is -1.20. The molecule has 6 rings (SSSR count). The van der Waals surface area contributed by atoms with Crippen molar-refractivity contribution >= 4 is 12.1 Å². The molecule has 5 heteroatoms. The first-order valence-corrected chi connectivity index (χ1v) is 11.1. The molecule has 0 spiro atoms. The highest BCUT2D eigenvalue weighted by atomic mass is 16.5. The van der Waals surface area contributed by atoms with Crippen molar-refractivity contribution in [1.82, 2.24) is 10.2 Å². The van der Waals surface area contributed by atoms with Crippen molar-refractivity contribution in [3.05, 3.63) is 12.2 Å². The van der Waals surface area contributed by atoms with E-state index in [-0.39, 0.29) is 24.2 Å². The van der Waals surface area contributed by atoms with Gasteiger partial charge in [0.1, 0.15) is 6.10 Å². The number of nitrogens with zero attached hydrogens (tertiary/aromatic N) is 2. The van der Waals surface area contributed by atoms with Gasteiger partial charge < -0.3 is 10.1 Å². The van der Waals surface area contributed by atoms with Crippen LogP contribution in [0, 0.1) is 17.8 Å². The van der Waals surface area contributed by atoms with E-state index in [0.29, 0.717) is 23.8 Å². The Labute approximate surface area is 162 Å². The van der Waals surface area contributed by atoms with Crippen molar-refractivity contribution < 1.29 is 9.53 Å². The van der Waals surface area contributed by atoms with E-state index in [1.165, 1.54) is 38.8 Å². The molecule has 0 aromatic rings. The smallest absolute Gasteiger partial charge is 0.249 e. The van der Waals surface area contributed by atoms with Crippen LogP contribution in [0.4, 0.5) is 0 Å². The summed E-state index contributed by atoms with van der Waals surface area (Å²) < 4.78 is 6.10. The Balaban J connectivity index is 1.25. The maximum Gasteiger partial charge on any atom is 0.249 e. The maximum absolute atomic E-state index is 13.1. The predicted molar refractivity (Wildman–Crippen MR) is 106 cm³/mol. The largest absolute Gasteiger partial charge is 0.361 e. The van der Waals surface area contributed by atoms with Crippen LogP contribution in [0.1, 0.15) is 51.4 Å². The summed E-state index contributed by atoms with van der Waals surface area (Å²) in [5.74, 6) is 1.89. The van der Waals surface area contributed by atoms with Crippen LogP contribution >= 0.6 is 0 Å².